The van der Waals surface area contributed by atoms with Gasteiger partial charge in [-0.15, -0.1) is 0 Å². The highest BCUT2D eigenvalue weighted by Gasteiger charge is 2.12. The van der Waals surface area contributed by atoms with Crippen LogP contribution in [0.5, 0.6) is 0 Å². The third-order valence-electron chi connectivity index (χ3n) is 2.96. The van der Waals surface area contributed by atoms with Crippen molar-refractivity contribution in [1.29, 1.82) is 5.26 Å². The molecule has 0 saturated carbocycles. The summed E-state index contributed by atoms with van der Waals surface area (Å²) in [5.74, 6) is 0. The Morgan fingerprint density at radius 1 is 1.44 bits per heavy atom. The average Bonchev–Trinajstić information content (AvgIpc) is 2.42. The molecule has 2 N–H and O–H groups in total. The number of aromatic nitrogens is 2. The van der Waals surface area contributed by atoms with Gasteiger partial charge in [0.1, 0.15) is 6.07 Å². The van der Waals surface area contributed by atoms with Gasteiger partial charge in [-0.05, 0) is 31.0 Å². The first-order valence-corrected chi connectivity index (χ1v) is 5.78. The molecule has 4 nitrogen and oxygen atoms in total. The third-order valence-corrected chi connectivity index (χ3v) is 2.96. The zero-order valence-electron chi connectivity index (χ0n) is 10.4. The smallest absolute Gasteiger partial charge is 0.102 e. The molecule has 2 rings (SSSR count). The van der Waals surface area contributed by atoms with Crippen molar-refractivity contribution in [3.05, 3.63) is 41.4 Å². The van der Waals surface area contributed by atoms with Crippen molar-refractivity contribution in [3.8, 4) is 6.07 Å². The number of pyridine rings is 2. The highest BCUT2D eigenvalue weighted by atomic mass is 14.7. The van der Waals surface area contributed by atoms with Crippen molar-refractivity contribution in [2.75, 3.05) is 0 Å². The molecule has 4 heteroatoms. The van der Waals surface area contributed by atoms with E-state index in [2.05, 4.69) is 16.0 Å². The molecular formula is C14H14N4. The van der Waals surface area contributed by atoms with E-state index in [-0.39, 0.29) is 0 Å². The van der Waals surface area contributed by atoms with E-state index >= 15 is 0 Å². The molecule has 0 saturated heterocycles. The van der Waals surface area contributed by atoms with E-state index in [9.17, 15) is 5.26 Å². The van der Waals surface area contributed by atoms with Gasteiger partial charge in [0.05, 0.1) is 16.6 Å². The van der Waals surface area contributed by atoms with Crippen LogP contribution in [0.1, 0.15) is 24.5 Å². The van der Waals surface area contributed by atoms with Crippen LogP contribution in [-0.2, 0) is 0 Å². The SMILES string of the molecule is CC/C(N)=C(/C#N)c1cnc2cccnc2c1C. The molecule has 0 fully saturated rings. The Kier molecular flexibility index (Phi) is 3.24. The second-order valence-electron chi connectivity index (χ2n) is 4.03. The first-order chi connectivity index (χ1) is 8.69. The lowest BCUT2D eigenvalue weighted by atomic mass is 10.00. The molecule has 2 aromatic rings. The van der Waals surface area contributed by atoms with E-state index in [1.165, 1.54) is 0 Å². The van der Waals surface area contributed by atoms with Crippen LogP contribution in [0, 0.1) is 18.3 Å². The van der Waals surface area contributed by atoms with Gasteiger partial charge in [0.15, 0.2) is 0 Å². The first kappa shape index (κ1) is 12.1. The summed E-state index contributed by atoms with van der Waals surface area (Å²) in [6.07, 6.45) is 4.06. The second-order valence-corrected chi connectivity index (χ2v) is 4.03. The molecule has 0 atom stereocenters. The summed E-state index contributed by atoms with van der Waals surface area (Å²) in [6, 6.07) is 5.91. The van der Waals surface area contributed by atoms with Crippen LogP contribution in [0.3, 0.4) is 0 Å². The minimum atomic E-state index is 0.495. The predicted octanol–water partition coefficient (Wildman–Crippen LogP) is 2.54. The van der Waals surface area contributed by atoms with Crippen molar-refractivity contribution in [1.82, 2.24) is 9.97 Å². The lowest BCUT2D eigenvalue weighted by Gasteiger charge is -2.08. The van der Waals surface area contributed by atoms with Crippen LogP contribution in [0.15, 0.2) is 30.2 Å². The molecular weight excluding hydrogens is 224 g/mol. The Labute approximate surface area is 106 Å². The monoisotopic (exact) mass is 238 g/mol. The Morgan fingerprint density at radius 2 is 2.22 bits per heavy atom. The second kappa shape index (κ2) is 4.84. The number of fused-ring (bicyclic) bond motifs is 1. The number of hydrogen-bond donors (Lipinski definition) is 1. The lowest BCUT2D eigenvalue weighted by Crippen LogP contribution is -2.02. The molecule has 18 heavy (non-hydrogen) atoms. The fraction of sp³-hybridized carbons (Fsp3) is 0.214. The fourth-order valence-corrected chi connectivity index (χ4v) is 1.88. The molecule has 0 bridgehead atoms. The predicted molar refractivity (Wildman–Crippen MR) is 71.3 cm³/mol. The number of hydrogen-bond acceptors (Lipinski definition) is 4. The maximum absolute atomic E-state index is 9.24. The Hall–Kier alpha value is -2.41. The fourth-order valence-electron chi connectivity index (χ4n) is 1.88. The van der Waals surface area contributed by atoms with Crippen LogP contribution < -0.4 is 5.73 Å². The quantitative estimate of drug-likeness (QED) is 0.816. The number of nitriles is 1. The van der Waals surface area contributed by atoms with Gasteiger partial charge in [-0.3, -0.25) is 9.97 Å². The van der Waals surface area contributed by atoms with E-state index in [4.69, 9.17) is 5.73 Å². The van der Waals surface area contributed by atoms with Gasteiger partial charge in [0.25, 0.3) is 0 Å². The molecule has 0 unspecified atom stereocenters. The molecule has 0 amide bonds. The molecule has 0 spiro atoms. The molecule has 0 aliphatic carbocycles. The maximum Gasteiger partial charge on any atom is 0.102 e. The molecule has 0 aromatic carbocycles. The molecule has 0 radical (unpaired) electrons. The van der Waals surface area contributed by atoms with E-state index in [1.54, 1.807) is 12.4 Å². The lowest BCUT2D eigenvalue weighted by molar-refractivity contribution is 1.07. The van der Waals surface area contributed by atoms with Crippen LogP contribution in [-0.4, -0.2) is 9.97 Å². The van der Waals surface area contributed by atoms with Crippen molar-refractivity contribution in [2.45, 2.75) is 20.3 Å². The zero-order valence-corrected chi connectivity index (χ0v) is 10.4. The molecule has 2 heterocycles. The molecule has 90 valence electrons. The van der Waals surface area contributed by atoms with E-state index < -0.39 is 0 Å². The highest BCUT2D eigenvalue weighted by molar-refractivity contribution is 5.88. The van der Waals surface area contributed by atoms with Gasteiger partial charge in [-0.1, -0.05) is 6.92 Å². The summed E-state index contributed by atoms with van der Waals surface area (Å²) in [4.78, 5) is 8.63. The van der Waals surface area contributed by atoms with Gasteiger partial charge < -0.3 is 5.73 Å². The number of nitrogens with zero attached hydrogens (tertiary/aromatic N) is 3. The number of aryl methyl sites for hydroxylation is 1. The van der Waals surface area contributed by atoms with E-state index in [1.807, 2.05) is 26.0 Å². The molecule has 0 aliphatic heterocycles. The Bertz CT molecular complexity index is 665. The number of allylic oxidation sites excluding steroid dienone is 2. The van der Waals surface area contributed by atoms with Crippen molar-refractivity contribution in [2.24, 2.45) is 5.73 Å². The minimum absolute atomic E-state index is 0.495. The Morgan fingerprint density at radius 3 is 2.89 bits per heavy atom. The summed E-state index contributed by atoms with van der Waals surface area (Å²) >= 11 is 0. The maximum atomic E-state index is 9.24. The van der Waals surface area contributed by atoms with Crippen molar-refractivity contribution < 1.29 is 0 Å². The first-order valence-electron chi connectivity index (χ1n) is 5.78. The highest BCUT2D eigenvalue weighted by Crippen LogP contribution is 2.24. The van der Waals surface area contributed by atoms with Gasteiger partial charge in [0, 0.05) is 23.7 Å². The van der Waals surface area contributed by atoms with Gasteiger partial charge >= 0.3 is 0 Å². The topological polar surface area (TPSA) is 75.6 Å². The number of nitrogens with two attached hydrogens (primary N) is 1. The average molecular weight is 238 g/mol. The minimum Gasteiger partial charge on any atom is -0.401 e. The van der Waals surface area contributed by atoms with Gasteiger partial charge in [0.2, 0.25) is 0 Å². The summed E-state index contributed by atoms with van der Waals surface area (Å²) < 4.78 is 0. The van der Waals surface area contributed by atoms with Crippen molar-refractivity contribution in [3.63, 3.8) is 0 Å². The van der Waals surface area contributed by atoms with E-state index in [0.717, 1.165) is 22.2 Å². The summed E-state index contributed by atoms with van der Waals surface area (Å²) in [6.45, 7) is 3.86. The van der Waals surface area contributed by atoms with Gasteiger partial charge in [-0.2, -0.15) is 5.26 Å². The van der Waals surface area contributed by atoms with Crippen LogP contribution in [0.25, 0.3) is 16.6 Å². The van der Waals surface area contributed by atoms with Crippen LogP contribution in [0.2, 0.25) is 0 Å². The third kappa shape index (κ3) is 1.91. The largest absolute Gasteiger partial charge is 0.401 e. The van der Waals surface area contributed by atoms with Crippen molar-refractivity contribution >= 4 is 16.6 Å². The van der Waals surface area contributed by atoms with Gasteiger partial charge in [-0.25, -0.2) is 0 Å². The zero-order chi connectivity index (χ0) is 13.1. The van der Waals surface area contributed by atoms with E-state index in [0.29, 0.717) is 17.7 Å². The van der Waals surface area contributed by atoms with Crippen LogP contribution in [0.4, 0.5) is 0 Å². The summed E-state index contributed by atoms with van der Waals surface area (Å²) in [5, 5.41) is 9.24. The van der Waals surface area contributed by atoms with Crippen LogP contribution >= 0.6 is 0 Å². The normalized spacial score (nSPS) is 12.1. The summed E-state index contributed by atoms with van der Waals surface area (Å²) in [7, 11) is 0. The Balaban J connectivity index is 2.74. The number of rotatable bonds is 2. The molecule has 0 aliphatic rings. The standard InChI is InChI=1S/C14H14N4/c1-3-12(16)10(7-15)11-8-18-13-5-4-6-17-14(13)9(11)2/h4-6,8H,3,16H2,1-2H3/b12-10+. The molecule has 2 aromatic heterocycles. The summed E-state index contributed by atoms with van der Waals surface area (Å²) in [5.41, 5.74) is 10.3.